The van der Waals surface area contributed by atoms with Gasteiger partial charge in [0.05, 0.1) is 0 Å². The van der Waals surface area contributed by atoms with Crippen molar-refractivity contribution in [2.24, 2.45) is 5.41 Å². The molecule has 1 aromatic heterocycles. The minimum absolute atomic E-state index is 0.0988. The molecule has 0 saturated carbocycles. The summed E-state index contributed by atoms with van der Waals surface area (Å²) in [7, 11) is 0. The number of aliphatic hydroxyl groups excluding tert-OH is 1. The monoisotopic (exact) mass is 318 g/mol. The standard InChI is InChI=1S/C16H22N4O3/c1-11-4-5-12(14-20-18-10-23-14)8-13(11)19-15(22)17-9-16(2,3)6-7-21/h4-5,8,10,21H,6-7,9H2,1-3H3,(H2,17,19,22). The van der Waals surface area contributed by atoms with Crippen molar-refractivity contribution in [3.63, 3.8) is 0 Å². The highest BCUT2D eigenvalue weighted by Gasteiger charge is 2.18. The average molecular weight is 318 g/mol. The first-order valence-corrected chi connectivity index (χ1v) is 7.44. The zero-order valence-electron chi connectivity index (χ0n) is 13.6. The Hall–Kier alpha value is -2.41. The fourth-order valence-corrected chi connectivity index (χ4v) is 2.07. The number of rotatable bonds is 6. The number of benzene rings is 1. The smallest absolute Gasteiger partial charge is 0.319 e. The third-order valence-corrected chi connectivity index (χ3v) is 3.61. The summed E-state index contributed by atoms with van der Waals surface area (Å²) in [6.07, 6.45) is 1.89. The van der Waals surface area contributed by atoms with Crippen molar-refractivity contribution in [3.8, 4) is 11.5 Å². The first kappa shape index (κ1) is 17.0. The molecule has 0 aliphatic heterocycles. The molecule has 2 amide bonds. The van der Waals surface area contributed by atoms with E-state index in [0.717, 1.165) is 11.1 Å². The molecule has 2 rings (SSSR count). The van der Waals surface area contributed by atoms with Gasteiger partial charge in [-0.05, 0) is 36.5 Å². The summed E-state index contributed by atoms with van der Waals surface area (Å²) in [6, 6.07) is 5.24. The number of hydrogen-bond acceptors (Lipinski definition) is 5. The fourth-order valence-electron chi connectivity index (χ4n) is 2.07. The van der Waals surface area contributed by atoms with Crippen LogP contribution in [0, 0.1) is 12.3 Å². The van der Waals surface area contributed by atoms with Crippen LogP contribution in [0.15, 0.2) is 29.0 Å². The lowest BCUT2D eigenvalue weighted by Crippen LogP contribution is -2.37. The van der Waals surface area contributed by atoms with Gasteiger partial charge in [-0.15, -0.1) is 10.2 Å². The first-order chi connectivity index (χ1) is 10.9. The van der Waals surface area contributed by atoms with E-state index in [9.17, 15) is 4.79 Å². The van der Waals surface area contributed by atoms with Crippen molar-refractivity contribution in [2.45, 2.75) is 27.2 Å². The van der Waals surface area contributed by atoms with E-state index < -0.39 is 0 Å². The molecule has 0 bridgehead atoms. The number of nitrogens with zero attached hydrogens (tertiary/aromatic N) is 2. The summed E-state index contributed by atoms with van der Waals surface area (Å²) in [5.41, 5.74) is 2.19. The number of carbonyl (C=O) groups is 1. The SMILES string of the molecule is Cc1ccc(-c2nnco2)cc1NC(=O)NCC(C)(C)CCO. The Morgan fingerprint density at radius 3 is 2.83 bits per heavy atom. The average Bonchev–Trinajstić information content (AvgIpc) is 3.02. The van der Waals surface area contributed by atoms with Crippen LogP contribution in [-0.4, -0.2) is 34.5 Å². The summed E-state index contributed by atoms with van der Waals surface area (Å²) in [4.78, 5) is 12.1. The third kappa shape index (κ3) is 4.79. The molecule has 0 radical (unpaired) electrons. The second-order valence-corrected chi connectivity index (χ2v) is 6.22. The van der Waals surface area contributed by atoms with Gasteiger partial charge in [0.2, 0.25) is 12.3 Å². The molecule has 0 atom stereocenters. The zero-order valence-corrected chi connectivity index (χ0v) is 13.6. The van der Waals surface area contributed by atoms with Crippen molar-refractivity contribution in [1.82, 2.24) is 15.5 Å². The molecule has 1 aromatic carbocycles. The van der Waals surface area contributed by atoms with Crippen LogP contribution in [0.2, 0.25) is 0 Å². The number of aromatic nitrogens is 2. The van der Waals surface area contributed by atoms with Crippen LogP contribution in [0.3, 0.4) is 0 Å². The molecular formula is C16H22N4O3. The minimum atomic E-state index is -0.290. The topological polar surface area (TPSA) is 100 Å². The molecule has 3 N–H and O–H groups in total. The molecule has 0 unspecified atom stereocenters. The molecule has 7 nitrogen and oxygen atoms in total. The van der Waals surface area contributed by atoms with Crippen LogP contribution < -0.4 is 10.6 Å². The van der Waals surface area contributed by atoms with Crippen molar-refractivity contribution in [1.29, 1.82) is 0 Å². The van der Waals surface area contributed by atoms with Gasteiger partial charge in [0.15, 0.2) is 0 Å². The van der Waals surface area contributed by atoms with E-state index in [1.807, 2.05) is 32.9 Å². The van der Waals surface area contributed by atoms with Gasteiger partial charge in [0.25, 0.3) is 0 Å². The maximum Gasteiger partial charge on any atom is 0.319 e. The second kappa shape index (κ2) is 7.23. The highest BCUT2D eigenvalue weighted by atomic mass is 16.4. The molecule has 2 aromatic rings. The Bertz CT molecular complexity index is 653. The molecule has 124 valence electrons. The van der Waals surface area contributed by atoms with Crippen LogP contribution in [0.1, 0.15) is 25.8 Å². The number of amides is 2. The third-order valence-electron chi connectivity index (χ3n) is 3.61. The van der Waals surface area contributed by atoms with Gasteiger partial charge in [-0.3, -0.25) is 0 Å². The normalized spacial score (nSPS) is 11.3. The van der Waals surface area contributed by atoms with Gasteiger partial charge in [-0.1, -0.05) is 19.9 Å². The predicted molar refractivity (Wildman–Crippen MR) is 87.0 cm³/mol. The number of urea groups is 1. The van der Waals surface area contributed by atoms with Gasteiger partial charge in [0.1, 0.15) is 0 Å². The van der Waals surface area contributed by atoms with Gasteiger partial charge >= 0.3 is 6.03 Å². The summed E-state index contributed by atoms with van der Waals surface area (Å²) in [6.45, 7) is 6.46. The quantitative estimate of drug-likeness (QED) is 0.760. The molecule has 0 fully saturated rings. The Morgan fingerprint density at radius 1 is 1.39 bits per heavy atom. The molecule has 23 heavy (non-hydrogen) atoms. The second-order valence-electron chi connectivity index (χ2n) is 6.22. The van der Waals surface area contributed by atoms with E-state index in [1.165, 1.54) is 6.39 Å². The molecular weight excluding hydrogens is 296 g/mol. The molecule has 0 aliphatic carbocycles. The molecule has 0 spiro atoms. The highest BCUT2D eigenvalue weighted by molar-refractivity contribution is 5.90. The largest absolute Gasteiger partial charge is 0.423 e. The lowest BCUT2D eigenvalue weighted by molar-refractivity contribution is 0.204. The van der Waals surface area contributed by atoms with Crippen LogP contribution in [0.25, 0.3) is 11.5 Å². The summed E-state index contributed by atoms with van der Waals surface area (Å²) >= 11 is 0. The number of nitrogens with one attached hydrogen (secondary N) is 2. The Kier molecular flexibility index (Phi) is 5.33. The lowest BCUT2D eigenvalue weighted by atomic mass is 9.90. The van der Waals surface area contributed by atoms with Crippen molar-refractivity contribution in [3.05, 3.63) is 30.2 Å². The number of aryl methyl sites for hydroxylation is 1. The molecule has 0 aliphatic rings. The first-order valence-electron chi connectivity index (χ1n) is 7.44. The fraction of sp³-hybridized carbons (Fsp3) is 0.438. The van der Waals surface area contributed by atoms with Gasteiger partial charge in [0, 0.05) is 24.4 Å². The number of anilines is 1. The minimum Gasteiger partial charge on any atom is -0.423 e. The van der Waals surface area contributed by atoms with Gasteiger partial charge in [-0.25, -0.2) is 4.79 Å². The maximum absolute atomic E-state index is 12.1. The van der Waals surface area contributed by atoms with Crippen molar-refractivity contribution >= 4 is 11.7 Å². The van der Waals surface area contributed by atoms with E-state index in [2.05, 4.69) is 20.8 Å². The van der Waals surface area contributed by atoms with Crippen LogP contribution >= 0.6 is 0 Å². The molecule has 1 heterocycles. The Labute approximate surface area is 135 Å². The van der Waals surface area contributed by atoms with E-state index in [-0.39, 0.29) is 18.1 Å². The summed E-state index contributed by atoms with van der Waals surface area (Å²) < 4.78 is 5.16. The van der Waals surface area contributed by atoms with E-state index in [1.54, 1.807) is 6.07 Å². The highest BCUT2D eigenvalue weighted by Crippen LogP contribution is 2.24. The summed E-state index contributed by atoms with van der Waals surface area (Å²) in [5.74, 6) is 0.400. The zero-order chi connectivity index (χ0) is 16.9. The van der Waals surface area contributed by atoms with Gasteiger partial charge in [-0.2, -0.15) is 0 Å². The molecule has 7 heteroatoms. The number of carbonyl (C=O) groups excluding carboxylic acids is 1. The van der Waals surface area contributed by atoms with Crippen molar-refractivity contribution < 1.29 is 14.3 Å². The molecule has 0 saturated heterocycles. The van der Waals surface area contributed by atoms with E-state index in [4.69, 9.17) is 9.52 Å². The predicted octanol–water partition coefficient (Wildman–Crippen LogP) is 2.58. The van der Waals surface area contributed by atoms with E-state index in [0.29, 0.717) is 24.5 Å². The Morgan fingerprint density at radius 2 is 2.17 bits per heavy atom. The Balaban J connectivity index is 2.02. The maximum atomic E-state index is 12.1. The van der Waals surface area contributed by atoms with Crippen LogP contribution in [0.5, 0.6) is 0 Å². The van der Waals surface area contributed by atoms with Gasteiger partial charge < -0.3 is 20.2 Å². The van der Waals surface area contributed by atoms with Crippen LogP contribution in [-0.2, 0) is 0 Å². The number of hydrogen-bond donors (Lipinski definition) is 3. The number of aliphatic hydroxyl groups is 1. The van der Waals surface area contributed by atoms with Crippen LogP contribution in [0.4, 0.5) is 10.5 Å². The lowest BCUT2D eigenvalue weighted by Gasteiger charge is -2.24. The summed E-state index contributed by atoms with van der Waals surface area (Å²) in [5, 5.41) is 22.2. The van der Waals surface area contributed by atoms with Crippen molar-refractivity contribution in [2.75, 3.05) is 18.5 Å². The van der Waals surface area contributed by atoms with E-state index >= 15 is 0 Å².